The van der Waals surface area contributed by atoms with Crippen LogP contribution in [-0.4, -0.2) is 7.11 Å². The minimum absolute atomic E-state index is 0.207. The molecule has 0 spiro atoms. The standard InChI is InChI=1S/C25H40.C23H40.C17H20O/c1-5-6-7-8-9-10-11-12-13-14-15-16-17-18-19-20-21-22-23-24-25(2,3)4;1-5-6-7-8-9-10-11-12-13-14-15-16-17-18-19-20-21-22-23(2,3)4;1-17(2,3)15-9-5-13(6-10-15)14-7-11-16(18-4)12-8-14/h6-7,9-10,12-13,15-16,18-19,21-22H,5,8,11,14,17,20,23-24H2,1-4H3;9-10,12-13,15-16,18-19H,5-8,11,14,17,20-22H2,1-4H3;5-12H,1-4H3/b7-6-,10-9-,13-12-,16-15-,19-18-,22-21-;10-9-,13-12-,16-15-,19-18-;. The lowest BCUT2D eigenvalue weighted by Crippen LogP contribution is -2.10. The molecule has 0 aliphatic rings. The van der Waals surface area contributed by atoms with Gasteiger partial charge in [0.25, 0.3) is 0 Å². The Morgan fingerprint density at radius 1 is 0.364 bits per heavy atom. The van der Waals surface area contributed by atoms with E-state index >= 15 is 0 Å². The summed E-state index contributed by atoms with van der Waals surface area (Å²) < 4.78 is 5.17. The number of rotatable bonds is 28. The van der Waals surface area contributed by atoms with Crippen LogP contribution in [-0.2, 0) is 5.41 Å². The van der Waals surface area contributed by atoms with Gasteiger partial charge in [0, 0.05) is 0 Å². The molecule has 1 heteroatoms. The van der Waals surface area contributed by atoms with Gasteiger partial charge in [0.2, 0.25) is 0 Å². The molecule has 0 bridgehead atoms. The highest BCUT2D eigenvalue weighted by molar-refractivity contribution is 5.64. The largest absolute Gasteiger partial charge is 0.497 e. The molecule has 0 heterocycles. The first-order chi connectivity index (χ1) is 31.6. The highest BCUT2D eigenvalue weighted by atomic mass is 16.5. The summed E-state index contributed by atoms with van der Waals surface area (Å²) >= 11 is 0. The molecule has 2 aromatic rings. The maximum Gasteiger partial charge on any atom is 0.118 e. The van der Waals surface area contributed by atoms with Gasteiger partial charge in [0.1, 0.15) is 5.75 Å². The molecule has 66 heavy (non-hydrogen) atoms. The van der Waals surface area contributed by atoms with E-state index in [2.05, 4.69) is 234 Å². The fraction of sp³-hybridized carbons (Fsp3) is 0.508. The van der Waals surface area contributed by atoms with Crippen molar-refractivity contribution < 1.29 is 4.74 Å². The Bertz CT molecular complexity index is 1710. The highest BCUT2D eigenvalue weighted by Gasteiger charge is 2.13. The summed E-state index contributed by atoms with van der Waals surface area (Å²) in [5.74, 6) is 0.894. The molecule has 2 aromatic carbocycles. The molecule has 0 fully saturated rings. The van der Waals surface area contributed by atoms with Gasteiger partial charge in [-0.2, -0.15) is 0 Å². The van der Waals surface area contributed by atoms with Crippen molar-refractivity contribution in [2.24, 2.45) is 10.8 Å². The maximum absolute atomic E-state index is 5.17. The van der Waals surface area contributed by atoms with Gasteiger partial charge in [-0.1, -0.05) is 247 Å². The molecule has 0 atom stereocenters. The Morgan fingerprint density at radius 3 is 1.03 bits per heavy atom. The molecule has 2 rings (SSSR count). The van der Waals surface area contributed by atoms with Crippen LogP contribution >= 0.6 is 0 Å². The second-order valence-corrected chi connectivity index (χ2v) is 20.6. The van der Waals surface area contributed by atoms with E-state index in [1.54, 1.807) is 7.11 Å². The number of allylic oxidation sites excluding steroid dienone is 20. The summed E-state index contributed by atoms with van der Waals surface area (Å²) in [6.07, 6.45) is 66.3. The molecule has 0 saturated heterocycles. The lowest BCUT2D eigenvalue weighted by atomic mass is 9.86. The van der Waals surface area contributed by atoms with Crippen LogP contribution in [0.3, 0.4) is 0 Å². The summed E-state index contributed by atoms with van der Waals surface area (Å²) in [5, 5.41) is 0. The minimum atomic E-state index is 0.207. The van der Waals surface area contributed by atoms with Crippen LogP contribution in [0.2, 0.25) is 0 Å². The van der Waals surface area contributed by atoms with E-state index in [0.29, 0.717) is 10.8 Å². The molecule has 0 saturated carbocycles. The number of unbranched alkanes of at least 4 members (excludes halogenated alkanes) is 4. The van der Waals surface area contributed by atoms with Crippen LogP contribution in [0.5, 0.6) is 5.75 Å². The number of ether oxygens (including phenoxy) is 1. The van der Waals surface area contributed by atoms with Gasteiger partial charge < -0.3 is 4.74 Å². The van der Waals surface area contributed by atoms with Crippen LogP contribution in [0.4, 0.5) is 0 Å². The van der Waals surface area contributed by atoms with Crippen LogP contribution < -0.4 is 4.74 Å². The average molecular weight is 898 g/mol. The van der Waals surface area contributed by atoms with Crippen molar-refractivity contribution in [2.75, 3.05) is 7.11 Å². The summed E-state index contributed by atoms with van der Waals surface area (Å²) in [6, 6.07) is 16.9. The first kappa shape index (κ1) is 61.6. The number of hydrogen-bond acceptors (Lipinski definition) is 1. The first-order valence-electron chi connectivity index (χ1n) is 25.9. The van der Waals surface area contributed by atoms with Gasteiger partial charge in [0.15, 0.2) is 0 Å². The fourth-order valence-corrected chi connectivity index (χ4v) is 6.41. The normalized spacial score (nSPS) is 13.0. The van der Waals surface area contributed by atoms with Crippen LogP contribution in [0.1, 0.15) is 197 Å². The molecular formula is C65H100O. The Morgan fingerprint density at radius 2 is 0.697 bits per heavy atom. The van der Waals surface area contributed by atoms with E-state index in [1.165, 1.54) is 74.5 Å². The van der Waals surface area contributed by atoms with E-state index < -0.39 is 0 Å². The van der Waals surface area contributed by atoms with E-state index in [4.69, 9.17) is 4.74 Å². The van der Waals surface area contributed by atoms with Gasteiger partial charge in [-0.15, -0.1) is 0 Å². The second kappa shape index (κ2) is 40.9. The molecule has 0 radical (unpaired) electrons. The second-order valence-electron chi connectivity index (χ2n) is 20.6. The summed E-state index contributed by atoms with van der Waals surface area (Å²) in [4.78, 5) is 0. The van der Waals surface area contributed by atoms with E-state index in [0.717, 1.165) is 63.5 Å². The lowest BCUT2D eigenvalue weighted by Gasteiger charge is -2.19. The SMILES string of the molecule is CC/C=C\C/C=C\C/C=C\C/C=C\C/C=C\C/C=C\CCC(C)(C)C.CCCCC/C=C\C/C=C\C/C=C\C/C=C\CCCC(C)(C)C.COc1ccc(-c2ccc(C(C)(C)C)cc2)cc1. The number of hydrogen-bond donors (Lipinski definition) is 0. The zero-order valence-electron chi connectivity index (χ0n) is 44.8. The molecule has 0 aliphatic heterocycles. The van der Waals surface area contributed by atoms with Crippen molar-refractivity contribution in [3.8, 4) is 16.9 Å². The monoisotopic (exact) mass is 897 g/mol. The molecule has 366 valence electrons. The first-order valence-corrected chi connectivity index (χ1v) is 25.9. The van der Waals surface area contributed by atoms with Crippen molar-refractivity contribution in [3.63, 3.8) is 0 Å². The molecule has 0 amide bonds. The Balaban J connectivity index is 0.000000970. The predicted molar refractivity (Wildman–Crippen MR) is 302 cm³/mol. The lowest BCUT2D eigenvalue weighted by molar-refractivity contribution is 0.367. The Kier molecular flexibility index (Phi) is 38.2. The molecule has 0 aliphatic carbocycles. The third-order valence-electron chi connectivity index (χ3n) is 10.6. The molecular weight excluding hydrogens is 797 g/mol. The summed E-state index contributed by atoms with van der Waals surface area (Å²) in [5.41, 5.74) is 4.95. The van der Waals surface area contributed by atoms with Crippen LogP contribution in [0.25, 0.3) is 11.1 Å². The van der Waals surface area contributed by atoms with Crippen molar-refractivity contribution in [1.29, 1.82) is 0 Å². The predicted octanol–water partition coefficient (Wildman–Crippen LogP) is 21.3. The summed E-state index contributed by atoms with van der Waals surface area (Å²) in [7, 11) is 1.69. The maximum atomic E-state index is 5.17. The third-order valence-corrected chi connectivity index (χ3v) is 10.6. The number of methoxy groups -OCH3 is 1. The molecule has 0 N–H and O–H groups in total. The van der Waals surface area contributed by atoms with Crippen molar-refractivity contribution in [2.45, 2.75) is 197 Å². The van der Waals surface area contributed by atoms with Crippen molar-refractivity contribution >= 4 is 0 Å². The fourth-order valence-electron chi connectivity index (χ4n) is 6.41. The quantitative estimate of drug-likeness (QED) is 0.0611. The van der Waals surface area contributed by atoms with Crippen LogP contribution in [0, 0.1) is 10.8 Å². The number of benzene rings is 2. The smallest absolute Gasteiger partial charge is 0.118 e. The molecule has 0 aromatic heterocycles. The molecule has 1 nitrogen and oxygen atoms in total. The summed E-state index contributed by atoms with van der Waals surface area (Å²) in [6.45, 7) is 24.9. The zero-order chi connectivity index (χ0) is 49.0. The van der Waals surface area contributed by atoms with Gasteiger partial charge in [-0.25, -0.2) is 0 Å². The van der Waals surface area contributed by atoms with Gasteiger partial charge in [0.05, 0.1) is 7.11 Å². The Labute approximate surface area is 410 Å². The average Bonchev–Trinajstić information content (AvgIpc) is 3.27. The molecule has 0 unspecified atom stereocenters. The van der Waals surface area contributed by atoms with Crippen molar-refractivity contribution in [1.82, 2.24) is 0 Å². The van der Waals surface area contributed by atoms with Crippen molar-refractivity contribution in [3.05, 3.63) is 176 Å². The van der Waals surface area contributed by atoms with E-state index in [1.807, 2.05) is 12.1 Å². The van der Waals surface area contributed by atoms with Gasteiger partial charge >= 0.3 is 0 Å². The Hall–Kier alpha value is -4.36. The highest BCUT2D eigenvalue weighted by Crippen LogP contribution is 2.27. The minimum Gasteiger partial charge on any atom is -0.497 e. The third kappa shape index (κ3) is 42.3. The topological polar surface area (TPSA) is 9.23 Å². The van der Waals surface area contributed by atoms with E-state index in [9.17, 15) is 0 Å². The zero-order valence-corrected chi connectivity index (χ0v) is 44.8. The van der Waals surface area contributed by atoms with Crippen LogP contribution in [0.15, 0.2) is 170 Å². The van der Waals surface area contributed by atoms with E-state index in [-0.39, 0.29) is 5.41 Å². The van der Waals surface area contributed by atoms with Gasteiger partial charge in [-0.05, 0) is 148 Å². The van der Waals surface area contributed by atoms with Gasteiger partial charge in [-0.3, -0.25) is 0 Å².